The summed E-state index contributed by atoms with van der Waals surface area (Å²) < 4.78 is 6.79. The van der Waals surface area contributed by atoms with Gasteiger partial charge in [0.25, 0.3) is 0 Å². The molecule has 0 unspecified atom stereocenters. The molecule has 0 aromatic carbocycles. The largest absolute Gasteiger partial charge is 0.481 e. The van der Waals surface area contributed by atoms with Crippen LogP contribution in [-0.4, -0.2) is 47.3 Å². The van der Waals surface area contributed by atoms with Gasteiger partial charge in [-0.1, -0.05) is 0 Å². The van der Waals surface area contributed by atoms with E-state index >= 15 is 0 Å². The highest BCUT2D eigenvalue weighted by Gasteiger charge is 2.11. The number of likely N-dealkylation sites (N-methyl/N-ethyl adjacent to an activating group) is 1. The van der Waals surface area contributed by atoms with Crippen LogP contribution in [0.4, 0.5) is 0 Å². The Morgan fingerprint density at radius 2 is 2.28 bits per heavy atom. The first kappa shape index (κ1) is 14.5. The van der Waals surface area contributed by atoms with E-state index in [1.807, 2.05) is 27.0 Å². The molecule has 0 radical (unpaired) electrons. The molecule has 0 aliphatic heterocycles. The van der Waals surface area contributed by atoms with Gasteiger partial charge in [0.15, 0.2) is 0 Å². The summed E-state index contributed by atoms with van der Waals surface area (Å²) in [4.78, 5) is 13.4. The normalized spacial score (nSPS) is 10.8. The predicted octanol–water partition coefficient (Wildman–Crippen LogP) is 0.385. The Labute approximate surface area is 108 Å². The maximum absolute atomic E-state index is 11.7. The summed E-state index contributed by atoms with van der Waals surface area (Å²) in [5.41, 5.74) is 0.856. The minimum absolute atomic E-state index is 0.0768. The van der Waals surface area contributed by atoms with Crippen molar-refractivity contribution >= 4 is 5.91 Å². The Balaban J connectivity index is 2.39. The lowest BCUT2D eigenvalue weighted by Gasteiger charge is -2.21. The third-order valence-corrected chi connectivity index (χ3v) is 2.85. The monoisotopic (exact) mass is 254 g/mol. The third-order valence-electron chi connectivity index (χ3n) is 2.85. The summed E-state index contributed by atoms with van der Waals surface area (Å²) in [7, 11) is 5.23. The van der Waals surface area contributed by atoms with Crippen LogP contribution < -0.4 is 10.1 Å². The molecule has 0 aliphatic rings. The molecule has 0 spiro atoms. The molecule has 18 heavy (non-hydrogen) atoms. The van der Waals surface area contributed by atoms with E-state index in [0.717, 1.165) is 5.69 Å². The van der Waals surface area contributed by atoms with Crippen molar-refractivity contribution in [2.75, 3.05) is 20.7 Å². The van der Waals surface area contributed by atoms with Crippen LogP contribution in [-0.2, 0) is 18.4 Å². The summed E-state index contributed by atoms with van der Waals surface area (Å²) in [6.45, 7) is 4.84. The van der Waals surface area contributed by atoms with Gasteiger partial charge in [-0.25, -0.2) is 4.68 Å². The zero-order valence-electron chi connectivity index (χ0n) is 11.7. The number of rotatable bonds is 6. The summed E-state index contributed by atoms with van der Waals surface area (Å²) in [6.07, 6.45) is 0. The van der Waals surface area contributed by atoms with E-state index < -0.39 is 0 Å². The molecule has 1 heterocycles. The Morgan fingerprint density at radius 1 is 1.61 bits per heavy atom. The van der Waals surface area contributed by atoms with Crippen molar-refractivity contribution in [2.45, 2.75) is 26.4 Å². The molecule has 1 rings (SSSR count). The fourth-order valence-electron chi connectivity index (χ4n) is 1.49. The Bertz CT molecular complexity index is 401. The number of aryl methyl sites for hydroxylation is 1. The molecule has 102 valence electrons. The SMILES string of the molecule is COc1cc(CNCC(=O)N(C)C(C)C)nn1C. The molecular formula is C12H22N4O2. The highest BCUT2D eigenvalue weighted by molar-refractivity contribution is 5.78. The first-order chi connectivity index (χ1) is 8.45. The smallest absolute Gasteiger partial charge is 0.236 e. The number of carbonyl (C=O) groups is 1. The van der Waals surface area contributed by atoms with Gasteiger partial charge in [0.05, 0.1) is 19.3 Å². The van der Waals surface area contributed by atoms with Crippen LogP contribution in [0.3, 0.4) is 0 Å². The molecule has 0 bridgehead atoms. The van der Waals surface area contributed by atoms with Crippen molar-refractivity contribution in [3.63, 3.8) is 0 Å². The second-order valence-corrected chi connectivity index (χ2v) is 4.50. The minimum atomic E-state index is 0.0768. The molecule has 0 aliphatic carbocycles. The standard InChI is InChI=1S/C12H22N4O2/c1-9(2)15(3)11(17)8-13-7-10-6-12(18-5)16(4)14-10/h6,9,13H,7-8H2,1-5H3. The topological polar surface area (TPSA) is 59.4 Å². The van der Waals surface area contributed by atoms with Gasteiger partial charge in [0.1, 0.15) is 0 Å². The predicted molar refractivity (Wildman–Crippen MR) is 69.4 cm³/mol. The number of amides is 1. The molecule has 0 fully saturated rings. The van der Waals surface area contributed by atoms with Crippen molar-refractivity contribution in [3.8, 4) is 5.88 Å². The van der Waals surface area contributed by atoms with Gasteiger partial charge in [-0.05, 0) is 13.8 Å². The number of nitrogens with zero attached hydrogens (tertiary/aromatic N) is 3. The Hall–Kier alpha value is -1.56. The van der Waals surface area contributed by atoms with Gasteiger partial charge in [-0.2, -0.15) is 5.10 Å². The van der Waals surface area contributed by atoms with Crippen molar-refractivity contribution < 1.29 is 9.53 Å². The Kier molecular flexibility index (Phi) is 5.15. The molecule has 6 heteroatoms. The van der Waals surface area contributed by atoms with Crippen molar-refractivity contribution in [1.82, 2.24) is 20.0 Å². The van der Waals surface area contributed by atoms with E-state index in [4.69, 9.17) is 4.74 Å². The number of hydrogen-bond donors (Lipinski definition) is 1. The summed E-state index contributed by atoms with van der Waals surface area (Å²) in [5, 5.41) is 7.34. The van der Waals surface area contributed by atoms with Gasteiger partial charge in [-0.15, -0.1) is 0 Å². The lowest BCUT2D eigenvalue weighted by molar-refractivity contribution is -0.130. The van der Waals surface area contributed by atoms with Crippen molar-refractivity contribution in [1.29, 1.82) is 0 Å². The Morgan fingerprint density at radius 3 is 2.78 bits per heavy atom. The molecule has 1 amide bonds. The molecule has 1 aromatic heterocycles. The van der Waals surface area contributed by atoms with Crippen LogP contribution in [0.25, 0.3) is 0 Å². The van der Waals surface area contributed by atoms with Crippen LogP contribution in [0.2, 0.25) is 0 Å². The third kappa shape index (κ3) is 3.73. The first-order valence-electron chi connectivity index (χ1n) is 5.99. The number of carbonyl (C=O) groups excluding carboxylic acids is 1. The van der Waals surface area contributed by atoms with E-state index in [1.54, 1.807) is 23.7 Å². The van der Waals surface area contributed by atoms with E-state index in [0.29, 0.717) is 19.0 Å². The maximum Gasteiger partial charge on any atom is 0.236 e. The van der Waals surface area contributed by atoms with Crippen molar-refractivity contribution in [2.24, 2.45) is 7.05 Å². The van der Waals surface area contributed by atoms with Crippen LogP contribution in [0.5, 0.6) is 5.88 Å². The second-order valence-electron chi connectivity index (χ2n) is 4.50. The van der Waals surface area contributed by atoms with Crippen LogP contribution >= 0.6 is 0 Å². The maximum atomic E-state index is 11.7. The highest BCUT2D eigenvalue weighted by Crippen LogP contribution is 2.10. The quantitative estimate of drug-likeness (QED) is 0.797. The number of hydrogen-bond acceptors (Lipinski definition) is 4. The number of nitrogens with one attached hydrogen (secondary N) is 1. The number of methoxy groups -OCH3 is 1. The molecule has 1 N–H and O–H groups in total. The summed E-state index contributed by atoms with van der Waals surface area (Å²) >= 11 is 0. The number of ether oxygens (including phenoxy) is 1. The second kappa shape index (κ2) is 6.39. The first-order valence-corrected chi connectivity index (χ1v) is 5.99. The molecular weight excluding hydrogens is 232 g/mol. The van der Waals surface area contributed by atoms with Crippen LogP contribution in [0, 0.1) is 0 Å². The van der Waals surface area contributed by atoms with E-state index in [1.165, 1.54) is 0 Å². The van der Waals surface area contributed by atoms with E-state index in [-0.39, 0.29) is 11.9 Å². The number of aromatic nitrogens is 2. The average Bonchev–Trinajstić information content (AvgIpc) is 2.68. The van der Waals surface area contributed by atoms with Gasteiger partial charge in [-0.3, -0.25) is 4.79 Å². The molecule has 0 atom stereocenters. The van der Waals surface area contributed by atoms with Gasteiger partial charge in [0, 0.05) is 32.7 Å². The molecule has 6 nitrogen and oxygen atoms in total. The van der Waals surface area contributed by atoms with E-state index in [9.17, 15) is 4.79 Å². The van der Waals surface area contributed by atoms with Crippen LogP contribution in [0.15, 0.2) is 6.07 Å². The van der Waals surface area contributed by atoms with E-state index in [2.05, 4.69) is 10.4 Å². The average molecular weight is 254 g/mol. The zero-order chi connectivity index (χ0) is 13.7. The van der Waals surface area contributed by atoms with Crippen molar-refractivity contribution in [3.05, 3.63) is 11.8 Å². The fraction of sp³-hybridized carbons (Fsp3) is 0.667. The highest BCUT2D eigenvalue weighted by atomic mass is 16.5. The van der Waals surface area contributed by atoms with Gasteiger partial charge < -0.3 is 15.0 Å². The molecule has 0 saturated carbocycles. The lowest BCUT2D eigenvalue weighted by atomic mass is 10.3. The van der Waals surface area contributed by atoms with Gasteiger partial charge >= 0.3 is 0 Å². The lowest BCUT2D eigenvalue weighted by Crippen LogP contribution is -2.39. The minimum Gasteiger partial charge on any atom is -0.481 e. The molecule has 0 saturated heterocycles. The van der Waals surface area contributed by atoms with Gasteiger partial charge in [0.2, 0.25) is 11.8 Å². The molecule has 1 aromatic rings. The van der Waals surface area contributed by atoms with Crippen LogP contribution in [0.1, 0.15) is 19.5 Å². The summed E-state index contributed by atoms with van der Waals surface area (Å²) in [5.74, 6) is 0.783. The fourth-order valence-corrected chi connectivity index (χ4v) is 1.49. The zero-order valence-corrected chi connectivity index (χ0v) is 11.7. The summed E-state index contributed by atoms with van der Waals surface area (Å²) in [6, 6.07) is 2.07.